The maximum atomic E-state index is 11.7. The Morgan fingerprint density at radius 1 is 1.44 bits per heavy atom. The minimum atomic E-state index is -4.28. The van der Waals surface area contributed by atoms with Crippen molar-refractivity contribution in [2.75, 3.05) is 39.5 Å². The molecular formula is C9H16F3NO3. The van der Waals surface area contributed by atoms with Gasteiger partial charge in [0.1, 0.15) is 12.2 Å². The van der Waals surface area contributed by atoms with Crippen molar-refractivity contribution in [2.24, 2.45) is 0 Å². The summed E-state index contributed by atoms with van der Waals surface area (Å²) in [5.74, 6) is 0. The van der Waals surface area contributed by atoms with Gasteiger partial charge < -0.3 is 19.9 Å². The van der Waals surface area contributed by atoms with Crippen LogP contribution in [-0.2, 0) is 9.47 Å². The Balaban J connectivity index is 1.96. The van der Waals surface area contributed by atoms with Crippen LogP contribution in [0.15, 0.2) is 0 Å². The van der Waals surface area contributed by atoms with Crippen molar-refractivity contribution in [1.82, 2.24) is 5.32 Å². The lowest BCUT2D eigenvalue weighted by Crippen LogP contribution is -2.42. The zero-order chi connectivity index (χ0) is 12.1. The molecule has 0 aliphatic carbocycles. The minimum absolute atomic E-state index is 0.0313. The van der Waals surface area contributed by atoms with E-state index in [9.17, 15) is 18.3 Å². The van der Waals surface area contributed by atoms with Crippen molar-refractivity contribution >= 4 is 0 Å². The molecule has 1 saturated heterocycles. The Bertz CT molecular complexity index is 205. The molecule has 0 aromatic carbocycles. The van der Waals surface area contributed by atoms with Crippen LogP contribution in [0.5, 0.6) is 0 Å². The number of alkyl halides is 3. The second-order valence-corrected chi connectivity index (χ2v) is 3.87. The molecule has 16 heavy (non-hydrogen) atoms. The highest BCUT2D eigenvalue weighted by atomic mass is 19.4. The van der Waals surface area contributed by atoms with E-state index in [0.717, 1.165) is 0 Å². The molecule has 96 valence electrons. The molecule has 1 heterocycles. The predicted octanol–water partition coefficient (Wildman–Crippen LogP) is 0.306. The van der Waals surface area contributed by atoms with Crippen molar-refractivity contribution in [3.63, 3.8) is 0 Å². The topological polar surface area (TPSA) is 50.7 Å². The number of nitrogens with one attached hydrogen (secondary N) is 1. The van der Waals surface area contributed by atoms with Gasteiger partial charge in [-0.2, -0.15) is 13.2 Å². The Morgan fingerprint density at radius 2 is 2.19 bits per heavy atom. The van der Waals surface area contributed by atoms with Crippen molar-refractivity contribution in [1.29, 1.82) is 0 Å². The van der Waals surface area contributed by atoms with E-state index in [-0.39, 0.29) is 19.8 Å². The van der Waals surface area contributed by atoms with E-state index < -0.39 is 18.4 Å². The summed E-state index contributed by atoms with van der Waals surface area (Å²) in [6, 6.07) is 0. The number of aliphatic hydroxyl groups is 1. The zero-order valence-corrected chi connectivity index (χ0v) is 8.85. The molecule has 4 nitrogen and oxygen atoms in total. The molecule has 1 atom stereocenters. The molecule has 0 aromatic heterocycles. The zero-order valence-electron chi connectivity index (χ0n) is 8.85. The number of halogens is 3. The highest BCUT2D eigenvalue weighted by Gasteiger charge is 2.31. The van der Waals surface area contributed by atoms with Gasteiger partial charge in [0.2, 0.25) is 0 Å². The van der Waals surface area contributed by atoms with Crippen molar-refractivity contribution in [2.45, 2.75) is 18.2 Å². The average Bonchev–Trinajstić information content (AvgIpc) is 2.57. The maximum absolute atomic E-state index is 11.7. The average molecular weight is 243 g/mol. The smallest absolute Gasteiger partial charge is 0.386 e. The van der Waals surface area contributed by atoms with Crippen LogP contribution in [-0.4, -0.2) is 56.4 Å². The van der Waals surface area contributed by atoms with Gasteiger partial charge in [0, 0.05) is 26.1 Å². The lowest BCUT2D eigenvalue weighted by molar-refractivity contribution is -0.173. The normalized spacial score (nSPS) is 26.2. The number of hydrogen-bond acceptors (Lipinski definition) is 4. The summed E-state index contributed by atoms with van der Waals surface area (Å²) < 4.78 is 44.4. The molecular weight excluding hydrogens is 227 g/mol. The number of ether oxygens (including phenoxy) is 2. The Labute approximate surface area is 91.7 Å². The van der Waals surface area contributed by atoms with Crippen LogP contribution in [0.4, 0.5) is 13.2 Å². The van der Waals surface area contributed by atoms with Gasteiger partial charge in [-0.05, 0) is 0 Å². The number of rotatable bonds is 6. The van der Waals surface area contributed by atoms with Crippen molar-refractivity contribution < 1.29 is 27.8 Å². The van der Waals surface area contributed by atoms with E-state index >= 15 is 0 Å². The van der Waals surface area contributed by atoms with Crippen LogP contribution in [0.2, 0.25) is 0 Å². The van der Waals surface area contributed by atoms with Gasteiger partial charge in [-0.15, -0.1) is 0 Å². The summed E-state index contributed by atoms with van der Waals surface area (Å²) >= 11 is 0. The molecule has 1 rings (SSSR count). The molecule has 1 fully saturated rings. The van der Waals surface area contributed by atoms with E-state index in [4.69, 9.17) is 4.74 Å². The van der Waals surface area contributed by atoms with E-state index in [0.29, 0.717) is 19.6 Å². The molecule has 0 bridgehead atoms. The molecule has 1 aliphatic rings. The summed E-state index contributed by atoms with van der Waals surface area (Å²) in [4.78, 5) is 0. The van der Waals surface area contributed by atoms with Crippen LogP contribution in [0.1, 0.15) is 6.42 Å². The molecule has 1 aliphatic heterocycles. The largest absolute Gasteiger partial charge is 0.411 e. The third-order valence-corrected chi connectivity index (χ3v) is 2.23. The summed E-state index contributed by atoms with van der Waals surface area (Å²) in [6.45, 7) is 0.103. The fraction of sp³-hybridized carbons (Fsp3) is 1.00. The standard InChI is InChI=1S/C9H16F3NO3/c10-9(11,12)7-16-4-2-13-5-8(14)1-3-15-6-8/h13-14H,1-7H2. The minimum Gasteiger partial charge on any atom is -0.386 e. The molecule has 0 spiro atoms. The molecule has 0 amide bonds. The lowest BCUT2D eigenvalue weighted by atomic mass is 10.0. The summed E-state index contributed by atoms with van der Waals surface area (Å²) in [5.41, 5.74) is -0.885. The Morgan fingerprint density at radius 3 is 2.75 bits per heavy atom. The van der Waals surface area contributed by atoms with Gasteiger partial charge in [-0.3, -0.25) is 0 Å². The van der Waals surface area contributed by atoms with Gasteiger partial charge in [-0.25, -0.2) is 0 Å². The third-order valence-electron chi connectivity index (χ3n) is 2.23. The second kappa shape index (κ2) is 5.81. The second-order valence-electron chi connectivity index (χ2n) is 3.87. The predicted molar refractivity (Wildman–Crippen MR) is 50.1 cm³/mol. The first kappa shape index (κ1) is 13.7. The van der Waals surface area contributed by atoms with E-state index in [2.05, 4.69) is 10.1 Å². The van der Waals surface area contributed by atoms with Crippen molar-refractivity contribution in [3.05, 3.63) is 0 Å². The summed E-state index contributed by atoms with van der Waals surface area (Å²) in [7, 11) is 0. The van der Waals surface area contributed by atoms with Crippen molar-refractivity contribution in [3.8, 4) is 0 Å². The molecule has 2 N–H and O–H groups in total. The van der Waals surface area contributed by atoms with E-state index in [1.165, 1.54) is 0 Å². The molecule has 1 unspecified atom stereocenters. The van der Waals surface area contributed by atoms with Gasteiger partial charge in [0.15, 0.2) is 0 Å². The monoisotopic (exact) mass is 243 g/mol. The highest BCUT2D eigenvalue weighted by molar-refractivity contribution is 4.84. The maximum Gasteiger partial charge on any atom is 0.411 e. The first-order valence-corrected chi connectivity index (χ1v) is 5.07. The fourth-order valence-corrected chi connectivity index (χ4v) is 1.39. The quantitative estimate of drug-likeness (QED) is 0.659. The van der Waals surface area contributed by atoms with Crippen LogP contribution >= 0.6 is 0 Å². The van der Waals surface area contributed by atoms with Crippen LogP contribution in [0.25, 0.3) is 0 Å². The summed E-state index contributed by atoms with van der Waals surface area (Å²) in [5, 5.41) is 12.6. The van der Waals surface area contributed by atoms with E-state index in [1.54, 1.807) is 0 Å². The van der Waals surface area contributed by atoms with Crippen LogP contribution in [0.3, 0.4) is 0 Å². The Kier molecular flexibility index (Phi) is 4.97. The Hall–Kier alpha value is -0.370. The highest BCUT2D eigenvalue weighted by Crippen LogP contribution is 2.16. The van der Waals surface area contributed by atoms with Crippen LogP contribution < -0.4 is 5.32 Å². The molecule has 0 aromatic rings. The summed E-state index contributed by atoms with van der Waals surface area (Å²) in [6.07, 6.45) is -3.74. The fourth-order valence-electron chi connectivity index (χ4n) is 1.39. The third kappa shape index (κ3) is 5.64. The van der Waals surface area contributed by atoms with Crippen LogP contribution in [0, 0.1) is 0 Å². The first-order chi connectivity index (χ1) is 7.41. The number of hydrogen-bond donors (Lipinski definition) is 2. The van der Waals surface area contributed by atoms with Gasteiger partial charge in [0.05, 0.1) is 13.2 Å². The van der Waals surface area contributed by atoms with E-state index in [1.807, 2.05) is 0 Å². The lowest BCUT2D eigenvalue weighted by Gasteiger charge is -2.20. The molecule has 7 heteroatoms. The van der Waals surface area contributed by atoms with Gasteiger partial charge in [0.25, 0.3) is 0 Å². The molecule has 0 radical (unpaired) electrons. The van der Waals surface area contributed by atoms with Gasteiger partial charge >= 0.3 is 6.18 Å². The first-order valence-electron chi connectivity index (χ1n) is 5.07. The molecule has 0 saturated carbocycles. The van der Waals surface area contributed by atoms with Gasteiger partial charge in [-0.1, -0.05) is 0 Å². The SMILES string of the molecule is OC1(CNCCOCC(F)(F)F)CCOC1.